The number of ether oxygens (including phenoxy) is 1. The second-order valence-corrected chi connectivity index (χ2v) is 5.36. The van der Waals surface area contributed by atoms with Crippen molar-refractivity contribution in [3.63, 3.8) is 0 Å². The first-order valence-electron chi connectivity index (χ1n) is 5.57. The molecule has 0 spiro atoms. The summed E-state index contributed by atoms with van der Waals surface area (Å²) in [7, 11) is 0. The summed E-state index contributed by atoms with van der Waals surface area (Å²) in [5.74, 6) is -0.371. The Morgan fingerprint density at radius 1 is 1.48 bits per heavy atom. The highest BCUT2D eigenvalue weighted by Gasteiger charge is 2.16. The number of halogens is 4. The molecule has 2 rings (SSSR count). The van der Waals surface area contributed by atoms with Crippen molar-refractivity contribution in [1.29, 1.82) is 0 Å². The number of aromatic nitrogens is 2. The maximum absolute atomic E-state index is 14.1. The summed E-state index contributed by atoms with van der Waals surface area (Å²) < 4.78 is 18.8. The lowest BCUT2D eigenvalue weighted by molar-refractivity contribution is 0.161. The molecule has 1 aromatic heterocycles. The minimum absolute atomic E-state index is 0.0181. The van der Waals surface area contributed by atoms with Crippen LogP contribution in [0.4, 0.5) is 15.0 Å². The SMILES string of the molecule is NC(=O)OCCNc1nc(Cl)nc2c(F)c(Br)c(Cl)cc12. The summed E-state index contributed by atoms with van der Waals surface area (Å²) in [6, 6.07) is 1.50. The van der Waals surface area contributed by atoms with Gasteiger partial charge in [0.15, 0.2) is 5.82 Å². The quantitative estimate of drug-likeness (QED) is 0.469. The first-order valence-corrected chi connectivity index (χ1v) is 7.12. The van der Waals surface area contributed by atoms with E-state index in [1.807, 2.05) is 0 Å². The molecule has 21 heavy (non-hydrogen) atoms. The predicted octanol–water partition coefficient (Wildman–Crippen LogP) is 3.35. The van der Waals surface area contributed by atoms with Crippen molar-refractivity contribution in [1.82, 2.24) is 9.97 Å². The Morgan fingerprint density at radius 2 is 2.19 bits per heavy atom. The molecular formula is C11H8BrCl2FN4O2. The largest absolute Gasteiger partial charge is 0.448 e. The van der Waals surface area contributed by atoms with E-state index >= 15 is 0 Å². The van der Waals surface area contributed by atoms with Crippen molar-refractivity contribution < 1.29 is 13.9 Å². The van der Waals surface area contributed by atoms with Crippen molar-refractivity contribution in [3.05, 3.63) is 26.7 Å². The Morgan fingerprint density at radius 3 is 2.86 bits per heavy atom. The normalized spacial score (nSPS) is 10.7. The highest BCUT2D eigenvalue weighted by Crippen LogP contribution is 2.34. The maximum Gasteiger partial charge on any atom is 0.404 e. The number of amides is 1. The summed E-state index contributed by atoms with van der Waals surface area (Å²) in [6.07, 6.45) is -0.889. The minimum Gasteiger partial charge on any atom is -0.448 e. The van der Waals surface area contributed by atoms with Crippen LogP contribution in [0.5, 0.6) is 0 Å². The standard InChI is InChI=1S/C11H8BrCl2FN4O2/c12-6-5(13)3-4-8(7(6)15)18-10(14)19-9(4)17-1-2-21-11(16)20/h3H,1-2H2,(H2,16,20)(H,17,18,19). The number of anilines is 1. The average Bonchev–Trinajstić information content (AvgIpc) is 2.42. The van der Waals surface area contributed by atoms with E-state index in [2.05, 4.69) is 36.0 Å². The van der Waals surface area contributed by atoms with Crippen LogP contribution < -0.4 is 11.1 Å². The smallest absolute Gasteiger partial charge is 0.404 e. The van der Waals surface area contributed by atoms with E-state index in [-0.39, 0.29) is 39.3 Å². The molecule has 1 heterocycles. The fourth-order valence-corrected chi connectivity index (χ4v) is 2.26. The maximum atomic E-state index is 14.1. The van der Waals surface area contributed by atoms with Crippen molar-refractivity contribution in [2.75, 3.05) is 18.5 Å². The highest BCUT2D eigenvalue weighted by atomic mass is 79.9. The lowest BCUT2D eigenvalue weighted by Gasteiger charge is -2.10. The molecule has 0 bridgehead atoms. The van der Waals surface area contributed by atoms with Gasteiger partial charge in [0.1, 0.15) is 17.9 Å². The third-order valence-electron chi connectivity index (χ3n) is 2.44. The molecule has 6 nitrogen and oxygen atoms in total. The van der Waals surface area contributed by atoms with Gasteiger partial charge in [0, 0.05) is 5.39 Å². The number of primary amides is 1. The van der Waals surface area contributed by atoms with Crippen molar-refractivity contribution in [2.45, 2.75) is 0 Å². The molecule has 0 unspecified atom stereocenters. The van der Waals surface area contributed by atoms with E-state index in [9.17, 15) is 9.18 Å². The Bertz CT molecular complexity index is 716. The van der Waals surface area contributed by atoms with Crippen LogP contribution in [0.15, 0.2) is 10.5 Å². The molecule has 0 aliphatic carbocycles. The van der Waals surface area contributed by atoms with Crippen molar-refractivity contribution in [3.8, 4) is 0 Å². The van der Waals surface area contributed by atoms with Crippen molar-refractivity contribution in [2.24, 2.45) is 5.73 Å². The lowest BCUT2D eigenvalue weighted by Crippen LogP contribution is -2.18. The molecule has 3 N–H and O–H groups in total. The van der Waals surface area contributed by atoms with Crippen LogP contribution in [-0.4, -0.2) is 29.2 Å². The van der Waals surface area contributed by atoms with E-state index in [0.29, 0.717) is 5.39 Å². The van der Waals surface area contributed by atoms with E-state index in [1.165, 1.54) is 6.07 Å². The topological polar surface area (TPSA) is 90.1 Å². The second-order valence-electron chi connectivity index (χ2n) is 3.82. The van der Waals surface area contributed by atoms with Crippen LogP contribution in [-0.2, 0) is 4.74 Å². The monoisotopic (exact) mass is 396 g/mol. The van der Waals surface area contributed by atoms with Crippen LogP contribution in [0.25, 0.3) is 10.9 Å². The van der Waals surface area contributed by atoms with Crippen LogP contribution in [0.1, 0.15) is 0 Å². The van der Waals surface area contributed by atoms with Gasteiger partial charge in [0.25, 0.3) is 0 Å². The fraction of sp³-hybridized carbons (Fsp3) is 0.182. The van der Waals surface area contributed by atoms with Gasteiger partial charge in [0.05, 0.1) is 16.0 Å². The summed E-state index contributed by atoms with van der Waals surface area (Å²) in [5.41, 5.74) is 4.85. The van der Waals surface area contributed by atoms with Gasteiger partial charge in [-0.3, -0.25) is 0 Å². The average molecular weight is 398 g/mol. The summed E-state index contributed by atoms with van der Waals surface area (Å²) in [4.78, 5) is 18.3. The lowest BCUT2D eigenvalue weighted by atomic mass is 10.2. The van der Waals surface area contributed by atoms with Gasteiger partial charge in [-0.25, -0.2) is 19.2 Å². The molecule has 112 valence electrons. The van der Waals surface area contributed by atoms with E-state index in [4.69, 9.17) is 28.9 Å². The number of fused-ring (bicyclic) bond motifs is 1. The minimum atomic E-state index is -0.889. The first kappa shape index (κ1) is 16.0. The summed E-state index contributed by atoms with van der Waals surface area (Å²) >= 11 is 14.7. The molecule has 10 heteroatoms. The zero-order valence-electron chi connectivity index (χ0n) is 10.3. The number of benzene rings is 1. The van der Waals surface area contributed by atoms with Crippen LogP contribution in [0.3, 0.4) is 0 Å². The number of carbonyl (C=O) groups excluding carboxylic acids is 1. The van der Waals surface area contributed by atoms with E-state index in [1.54, 1.807) is 0 Å². The number of hydrogen-bond donors (Lipinski definition) is 2. The van der Waals surface area contributed by atoms with Gasteiger partial charge in [-0.05, 0) is 33.6 Å². The van der Waals surface area contributed by atoms with Gasteiger partial charge < -0.3 is 15.8 Å². The molecule has 0 saturated carbocycles. The number of carbonyl (C=O) groups is 1. The molecule has 0 aliphatic heterocycles. The third kappa shape index (κ3) is 3.63. The molecule has 0 fully saturated rings. The first-order chi connectivity index (χ1) is 9.90. The number of nitrogens with one attached hydrogen (secondary N) is 1. The molecule has 2 aromatic rings. The third-order valence-corrected chi connectivity index (χ3v) is 3.91. The van der Waals surface area contributed by atoms with Crippen LogP contribution in [0.2, 0.25) is 10.3 Å². The van der Waals surface area contributed by atoms with Gasteiger partial charge in [0.2, 0.25) is 5.28 Å². The fourth-order valence-electron chi connectivity index (χ4n) is 1.60. The zero-order valence-corrected chi connectivity index (χ0v) is 13.4. The van der Waals surface area contributed by atoms with Gasteiger partial charge in [-0.2, -0.15) is 0 Å². The molecule has 1 amide bonds. The molecule has 1 aromatic carbocycles. The number of nitrogens with zero attached hydrogens (tertiary/aromatic N) is 2. The molecule has 0 atom stereocenters. The van der Waals surface area contributed by atoms with Crippen LogP contribution >= 0.6 is 39.1 Å². The van der Waals surface area contributed by atoms with E-state index in [0.717, 1.165) is 0 Å². The van der Waals surface area contributed by atoms with Gasteiger partial charge >= 0.3 is 6.09 Å². The van der Waals surface area contributed by atoms with Gasteiger partial charge in [-0.1, -0.05) is 11.6 Å². The molecular weight excluding hydrogens is 390 g/mol. The van der Waals surface area contributed by atoms with Crippen LogP contribution in [0, 0.1) is 5.82 Å². The summed E-state index contributed by atoms with van der Waals surface area (Å²) in [6.45, 7) is 0.228. The Balaban J connectivity index is 2.37. The summed E-state index contributed by atoms with van der Waals surface area (Å²) in [5, 5.41) is 3.24. The van der Waals surface area contributed by atoms with Crippen molar-refractivity contribution >= 4 is 61.9 Å². The van der Waals surface area contributed by atoms with E-state index < -0.39 is 11.9 Å². The Hall–Kier alpha value is -1.38. The number of hydrogen-bond acceptors (Lipinski definition) is 5. The molecule has 0 saturated heterocycles. The Kier molecular flexibility index (Phi) is 5.02. The molecule has 0 aliphatic rings. The number of rotatable bonds is 4. The second kappa shape index (κ2) is 6.59. The number of nitrogens with two attached hydrogens (primary N) is 1. The Labute approximate surface area is 136 Å². The van der Waals surface area contributed by atoms with Gasteiger partial charge in [-0.15, -0.1) is 0 Å². The molecule has 0 radical (unpaired) electrons. The highest BCUT2D eigenvalue weighted by molar-refractivity contribution is 9.10. The zero-order chi connectivity index (χ0) is 15.6. The predicted molar refractivity (Wildman–Crippen MR) is 81.2 cm³/mol.